The molecule has 0 aliphatic carbocycles. The number of ketones is 1. The number of aliphatic hydroxyl groups is 1. The van der Waals surface area contributed by atoms with Crippen molar-refractivity contribution in [1.29, 1.82) is 0 Å². The lowest BCUT2D eigenvalue weighted by Gasteiger charge is -2.29. The Balaban J connectivity index is 2.01. The van der Waals surface area contributed by atoms with Gasteiger partial charge in [-0.2, -0.15) is 0 Å². The highest BCUT2D eigenvalue weighted by atomic mass is 16.5. The van der Waals surface area contributed by atoms with Gasteiger partial charge in [0.1, 0.15) is 0 Å². The zero-order chi connectivity index (χ0) is 25.4. The summed E-state index contributed by atoms with van der Waals surface area (Å²) < 4.78 is 11.1. The quantitative estimate of drug-likeness (QED) is 0.455. The molecule has 7 nitrogen and oxygen atoms in total. The average Bonchev–Trinajstić information content (AvgIpc) is 3.14. The molecule has 1 amide bonds. The fourth-order valence-corrected chi connectivity index (χ4v) is 4.42. The summed E-state index contributed by atoms with van der Waals surface area (Å²) in [4.78, 5) is 30.4. The minimum absolute atomic E-state index is 0.0385. The first-order valence-corrected chi connectivity index (χ1v) is 11.9. The number of ether oxygens (including phenoxy) is 2. The van der Waals surface area contributed by atoms with Crippen LogP contribution in [0.1, 0.15) is 37.4 Å². The summed E-state index contributed by atoms with van der Waals surface area (Å²) >= 11 is 0. The molecule has 1 heterocycles. The summed E-state index contributed by atoms with van der Waals surface area (Å²) in [5.74, 6) is -0.603. The molecule has 2 aromatic carbocycles. The van der Waals surface area contributed by atoms with E-state index in [9.17, 15) is 14.7 Å². The second-order valence-electron chi connectivity index (χ2n) is 8.23. The molecule has 7 heteroatoms. The van der Waals surface area contributed by atoms with Gasteiger partial charge in [0.2, 0.25) is 0 Å². The summed E-state index contributed by atoms with van der Waals surface area (Å²) in [5, 5.41) is 10.9. The number of nitrogens with zero attached hydrogens (tertiary/aromatic N) is 2. The topological polar surface area (TPSA) is 79.3 Å². The fraction of sp³-hybridized carbons (Fsp3) is 0.357. The van der Waals surface area contributed by atoms with Crippen LogP contribution in [0.25, 0.3) is 6.08 Å². The molecular weight excluding hydrogens is 444 g/mol. The summed E-state index contributed by atoms with van der Waals surface area (Å²) in [6, 6.07) is 13.9. The van der Waals surface area contributed by atoms with E-state index in [0.29, 0.717) is 30.0 Å². The van der Waals surface area contributed by atoms with Gasteiger partial charge >= 0.3 is 0 Å². The molecule has 186 valence electrons. The SMILES string of the molecule is CCN(CC)CCCN1C(=O)C(O)=C(C(=O)/C=C/c2ccccc2)C1c1cccc(OC)c1OC. The van der Waals surface area contributed by atoms with Crippen LogP contribution in [-0.4, -0.2) is 67.0 Å². The second kappa shape index (κ2) is 12.2. The molecule has 1 atom stereocenters. The normalized spacial score (nSPS) is 16.0. The number of methoxy groups -OCH3 is 2. The van der Waals surface area contributed by atoms with Crippen LogP contribution in [0, 0.1) is 0 Å². The smallest absolute Gasteiger partial charge is 0.290 e. The Labute approximate surface area is 207 Å². The first-order valence-electron chi connectivity index (χ1n) is 11.9. The van der Waals surface area contributed by atoms with Gasteiger partial charge in [-0.3, -0.25) is 9.59 Å². The number of para-hydroxylation sites is 1. The van der Waals surface area contributed by atoms with Crippen molar-refractivity contribution in [3.8, 4) is 11.5 Å². The van der Waals surface area contributed by atoms with Crippen LogP contribution in [0.5, 0.6) is 11.5 Å². The van der Waals surface area contributed by atoms with Crippen molar-refractivity contribution in [2.75, 3.05) is 40.4 Å². The number of carbonyl (C=O) groups is 2. The molecule has 3 rings (SSSR count). The van der Waals surface area contributed by atoms with E-state index in [1.165, 1.54) is 20.3 Å². The first-order chi connectivity index (χ1) is 17.0. The molecule has 0 bridgehead atoms. The van der Waals surface area contributed by atoms with Gasteiger partial charge in [-0.05, 0) is 43.8 Å². The molecule has 1 unspecified atom stereocenters. The number of hydrogen-bond donors (Lipinski definition) is 1. The third-order valence-electron chi connectivity index (χ3n) is 6.29. The van der Waals surface area contributed by atoms with Crippen LogP contribution in [0.15, 0.2) is 65.9 Å². The van der Waals surface area contributed by atoms with Gasteiger partial charge in [0.15, 0.2) is 23.0 Å². The van der Waals surface area contributed by atoms with Crippen molar-refractivity contribution < 1.29 is 24.2 Å². The molecule has 0 fully saturated rings. The van der Waals surface area contributed by atoms with Crippen LogP contribution < -0.4 is 9.47 Å². The standard InChI is InChI=1S/C28H34N2O5/c1-5-29(6-2)18-11-19-30-25(21-14-10-15-23(34-3)27(21)35-4)24(26(32)28(30)33)22(31)17-16-20-12-8-7-9-13-20/h7-10,12-17,25,32H,5-6,11,18-19H2,1-4H3/b17-16+. The van der Waals surface area contributed by atoms with Crippen LogP contribution in [-0.2, 0) is 9.59 Å². The maximum atomic E-state index is 13.4. The van der Waals surface area contributed by atoms with Crippen molar-refractivity contribution in [3.63, 3.8) is 0 Å². The molecule has 0 aromatic heterocycles. The van der Waals surface area contributed by atoms with Crippen LogP contribution >= 0.6 is 0 Å². The highest BCUT2D eigenvalue weighted by Crippen LogP contribution is 2.44. The highest BCUT2D eigenvalue weighted by molar-refractivity contribution is 6.14. The maximum Gasteiger partial charge on any atom is 0.290 e. The van der Waals surface area contributed by atoms with Gasteiger partial charge in [-0.25, -0.2) is 0 Å². The lowest BCUT2D eigenvalue weighted by molar-refractivity contribution is -0.129. The van der Waals surface area contributed by atoms with E-state index >= 15 is 0 Å². The second-order valence-corrected chi connectivity index (χ2v) is 8.23. The number of carbonyl (C=O) groups excluding carboxylic acids is 2. The van der Waals surface area contributed by atoms with Gasteiger partial charge in [-0.15, -0.1) is 0 Å². The number of rotatable bonds is 12. The largest absolute Gasteiger partial charge is 0.503 e. The van der Waals surface area contributed by atoms with E-state index in [-0.39, 0.29) is 5.57 Å². The molecule has 35 heavy (non-hydrogen) atoms. The third kappa shape index (κ3) is 5.74. The van der Waals surface area contributed by atoms with E-state index in [4.69, 9.17) is 9.47 Å². The van der Waals surface area contributed by atoms with Crippen molar-refractivity contribution in [2.24, 2.45) is 0 Å². The van der Waals surface area contributed by atoms with Crippen LogP contribution in [0.4, 0.5) is 0 Å². The molecule has 1 N–H and O–H groups in total. The van der Waals surface area contributed by atoms with E-state index in [1.54, 1.807) is 29.2 Å². The number of aliphatic hydroxyl groups excluding tert-OH is 1. The predicted octanol–water partition coefficient (Wildman–Crippen LogP) is 4.41. The van der Waals surface area contributed by atoms with Gasteiger partial charge in [0, 0.05) is 12.1 Å². The molecule has 2 aromatic rings. The fourth-order valence-electron chi connectivity index (χ4n) is 4.42. The molecule has 0 saturated carbocycles. The Hall–Kier alpha value is -3.58. The molecule has 1 aliphatic rings. The summed E-state index contributed by atoms with van der Waals surface area (Å²) in [6.45, 7) is 7.19. The Bertz CT molecular complexity index is 1090. The number of allylic oxidation sites excluding steroid dienone is 1. The van der Waals surface area contributed by atoms with Gasteiger partial charge < -0.3 is 24.4 Å². The van der Waals surface area contributed by atoms with Crippen molar-refractivity contribution >= 4 is 17.8 Å². The molecular formula is C28H34N2O5. The Morgan fingerprint density at radius 3 is 2.40 bits per heavy atom. The van der Waals surface area contributed by atoms with Crippen LogP contribution in [0.3, 0.4) is 0 Å². The van der Waals surface area contributed by atoms with Gasteiger partial charge in [0.25, 0.3) is 5.91 Å². The monoisotopic (exact) mass is 478 g/mol. The van der Waals surface area contributed by atoms with E-state index in [0.717, 1.165) is 25.2 Å². The Kier molecular flexibility index (Phi) is 9.09. The summed E-state index contributed by atoms with van der Waals surface area (Å²) in [5.41, 5.74) is 1.47. The summed E-state index contributed by atoms with van der Waals surface area (Å²) in [6.07, 6.45) is 3.77. The zero-order valence-electron chi connectivity index (χ0n) is 20.9. The lowest BCUT2D eigenvalue weighted by atomic mass is 9.94. The van der Waals surface area contributed by atoms with E-state index in [2.05, 4.69) is 18.7 Å². The van der Waals surface area contributed by atoms with E-state index < -0.39 is 23.5 Å². The predicted molar refractivity (Wildman–Crippen MR) is 137 cm³/mol. The summed E-state index contributed by atoms with van der Waals surface area (Å²) in [7, 11) is 3.05. The molecule has 0 spiro atoms. The van der Waals surface area contributed by atoms with E-state index in [1.807, 2.05) is 30.3 Å². The average molecular weight is 479 g/mol. The minimum atomic E-state index is -0.794. The highest BCUT2D eigenvalue weighted by Gasteiger charge is 2.44. The lowest BCUT2D eigenvalue weighted by Crippen LogP contribution is -2.34. The molecule has 1 aliphatic heterocycles. The van der Waals surface area contributed by atoms with Crippen molar-refractivity contribution in [2.45, 2.75) is 26.3 Å². The van der Waals surface area contributed by atoms with Crippen LogP contribution in [0.2, 0.25) is 0 Å². The zero-order valence-corrected chi connectivity index (χ0v) is 20.9. The van der Waals surface area contributed by atoms with Crippen molar-refractivity contribution in [1.82, 2.24) is 9.80 Å². The number of amides is 1. The maximum absolute atomic E-state index is 13.4. The third-order valence-corrected chi connectivity index (χ3v) is 6.29. The Morgan fingerprint density at radius 1 is 1.06 bits per heavy atom. The first kappa shape index (κ1) is 26.0. The van der Waals surface area contributed by atoms with Gasteiger partial charge in [-0.1, -0.05) is 62.4 Å². The van der Waals surface area contributed by atoms with Gasteiger partial charge in [0.05, 0.1) is 25.8 Å². The number of hydrogen-bond acceptors (Lipinski definition) is 6. The Morgan fingerprint density at radius 2 is 1.77 bits per heavy atom. The minimum Gasteiger partial charge on any atom is -0.503 e. The van der Waals surface area contributed by atoms with Crippen molar-refractivity contribution in [3.05, 3.63) is 77.1 Å². The molecule has 0 radical (unpaired) electrons. The number of benzene rings is 2. The molecule has 0 saturated heterocycles.